The Morgan fingerprint density at radius 1 is 0.917 bits per heavy atom. The number of rotatable bonds is 7. The van der Waals surface area contributed by atoms with Crippen molar-refractivity contribution in [3.05, 3.63) is 33.9 Å². The largest absolute Gasteiger partial charge is 4.00 e. The van der Waals surface area contributed by atoms with Gasteiger partial charge in [0, 0.05) is 6.20 Å². The maximum atomic E-state index is 9.88. The molecule has 0 aliphatic heterocycles. The Hall–Kier alpha value is -0.726. The predicted molar refractivity (Wildman–Crippen MR) is 96.2 cm³/mol. The Bertz CT molecular complexity index is 291. The summed E-state index contributed by atoms with van der Waals surface area (Å²) in [6.45, 7) is 18.1. The van der Waals surface area contributed by atoms with Gasteiger partial charge in [-0.25, -0.2) is 0 Å². The fourth-order valence-electron chi connectivity index (χ4n) is 1.04. The van der Waals surface area contributed by atoms with Crippen molar-refractivity contribution in [2.45, 2.75) is 41.5 Å². The fraction of sp³-hybridized carbons (Fsp3) is 0.750. The van der Waals surface area contributed by atoms with E-state index in [-0.39, 0.29) is 27.4 Å². The van der Waals surface area contributed by atoms with Crippen molar-refractivity contribution in [3.63, 3.8) is 0 Å². The molecule has 0 unspecified atom stereocenters. The molecule has 0 amide bonds. The van der Waals surface area contributed by atoms with E-state index in [1.807, 2.05) is 41.5 Å². The first-order valence-electron chi connectivity index (χ1n) is 8.15. The van der Waals surface area contributed by atoms with Crippen molar-refractivity contribution >= 4 is 5.97 Å². The van der Waals surface area contributed by atoms with Gasteiger partial charge >= 0.3 is 21.7 Å². The molecular formula is C16H33N5O2Ti. The molecule has 1 aromatic rings. The summed E-state index contributed by atoms with van der Waals surface area (Å²) in [5.41, 5.74) is 0.00463. The van der Waals surface area contributed by atoms with Gasteiger partial charge in [-0.1, -0.05) is 41.5 Å². The number of hydrogen-bond donors (Lipinski definition) is 1. The van der Waals surface area contributed by atoms with Crippen LogP contribution in [0.15, 0.2) is 12.3 Å². The molecule has 24 heavy (non-hydrogen) atoms. The Morgan fingerprint density at radius 2 is 1.25 bits per heavy atom. The molecule has 138 valence electrons. The van der Waals surface area contributed by atoms with Gasteiger partial charge in [-0.15, -0.1) is 0 Å². The molecule has 1 aromatic heterocycles. The molecule has 0 aliphatic carbocycles. The summed E-state index contributed by atoms with van der Waals surface area (Å²) in [5, 5.41) is 27.4. The minimum atomic E-state index is -1.23. The van der Waals surface area contributed by atoms with Crippen molar-refractivity contribution in [2.24, 2.45) is 0 Å². The average molecular weight is 375 g/mol. The summed E-state index contributed by atoms with van der Waals surface area (Å²) in [6, 6.07) is 1.33. The van der Waals surface area contributed by atoms with Gasteiger partial charge in [-0.3, -0.25) is 5.10 Å². The van der Waals surface area contributed by atoms with E-state index in [9.17, 15) is 9.90 Å². The van der Waals surface area contributed by atoms with Crippen LogP contribution in [0.4, 0.5) is 0 Å². The van der Waals surface area contributed by atoms with Crippen molar-refractivity contribution in [1.82, 2.24) is 10.2 Å². The minimum Gasteiger partial charge on any atom is -0.663 e. The van der Waals surface area contributed by atoms with Crippen LogP contribution in [0.2, 0.25) is 0 Å². The second kappa shape index (κ2) is 30.2. The van der Waals surface area contributed by atoms with Crippen molar-refractivity contribution in [2.75, 3.05) is 39.3 Å². The minimum absolute atomic E-state index is 0. The van der Waals surface area contributed by atoms with E-state index < -0.39 is 5.97 Å². The standard InChI is InChI=1S/C4H4N2O2.3C4H10N.Ti/c7-4(8)3-1-2-5-6-3;3*1-3-5-4-2;/h1-2H,(H,5,6)(H,7,8);3*3-4H2,1-2H3;/q;3*-1;+4/p-1. The maximum Gasteiger partial charge on any atom is 4.00 e. The summed E-state index contributed by atoms with van der Waals surface area (Å²) in [7, 11) is 0. The molecule has 0 saturated carbocycles. The number of hydrogen-bond acceptors (Lipinski definition) is 3. The third-order valence-corrected chi connectivity index (χ3v) is 2.06. The maximum absolute atomic E-state index is 9.88. The number of aromatic carboxylic acids is 1. The van der Waals surface area contributed by atoms with Crippen LogP contribution in [0.25, 0.3) is 16.0 Å². The van der Waals surface area contributed by atoms with Gasteiger partial charge in [0.05, 0.1) is 11.7 Å². The molecule has 1 N–H and O–H groups in total. The number of carbonyl (C=O) groups excluding carboxylic acids is 1. The molecular weight excluding hydrogens is 342 g/mol. The smallest absolute Gasteiger partial charge is 0.663 e. The van der Waals surface area contributed by atoms with Gasteiger partial charge in [-0.2, -0.15) is 44.4 Å². The SMILES string of the molecule is CC[N-]CC.CC[N-]CC.CC[N-]CC.O=C([O-])c1ccn[nH]1.[Ti+4]. The third kappa shape index (κ3) is 33.0. The van der Waals surface area contributed by atoms with E-state index in [1.165, 1.54) is 12.3 Å². The first-order chi connectivity index (χ1) is 11.0. The molecule has 0 aromatic carbocycles. The predicted octanol–water partition coefficient (Wildman–Crippen LogP) is 2.97. The Kier molecular flexibility index (Phi) is 39.1. The number of carboxylic acid groups (broad SMARTS) is 1. The number of H-pyrrole nitrogens is 1. The molecule has 0 spiro atoms. The summed E-state index contributed by atoms with van der Waals surface area (Å²) < 4.78 is 0. The fourth-order valence-corrected chi connectivity index (χ4v) is 1.04. The number of carbonyl (C=O) groups is 1. The van der Waals surface area contributed by atoms with Crippen LogP contribution in [0, 0.1) is 0 Å². The van der Waals surface area contributed by atoms with Crippen molar-refractivity contribution in [3.8, 4) is 0 Å². The van der Waals surface area contributed by atoms with E-state index >= 15 is 0 Å². The Labute approximate surface area is 162 Å². The summed E-state index contributed by atoms with van der Waals surface area (Å²) in [4.78, 5) is 9.88. The van der Waals surface area contributed by atoms with Gasteiger partial charge in [0.2, 0.25) is 0 Å². The molecule has 0 atom stereocenters. The molecule has 0 fully saturated rings. The zero-order valence-electron chi connectivity index (χ0n) is 16.0. The summed E-state index contributed by atoms with van der Waals surface area (Å²) in [5.74, 6) is -1.23. The quantitative estimate of drug-likeness (QED) is 0.740. The Balaban J connectivity index is -0.000000113. The topological polar surface area (TPSA) is 111 Å². The number of aromatic amines is 1. The van der Waals surface area contributed by atoms with Crippen LogP contribution >= 0.6 is 0 Å². The zero-order chi connectivity index (χ0) is 18.3. The second-order valence-electron chi connectivity index (χ2n) is 3.83. The van der Waals surface area contributed by atoms with Crippen LogP contribution in [-0.4, -0.2) is 55.4 Å². The monoisotopic (exact) mass is 375 g/mol. The van der Waals surface area contributed by atoms with E-state index in [1.54, 1.807) is 0 Å². The van der Waals surface area contributed by atoms with Crippen molar-refractivity contribution < 1.29 is 31.6 Å². The summed E-state index contributed by atoms with van der Waals surface area (Å²) in [6.07, 6.45) is 1.35. The van der Waals surface area contributed by atoms with Crippen LogP contribution < -0.4 is 5.11 Å². The van der Waals surface area contributed by atoms with E-state index in [4.69, 9.17) is 0 Å². The Morgan fingerprint density at radius 3 is 1.33 bits per heavy atom. The van der Waals surface area contributed by atoms with E-state index in [0.717, 1.165) is 39.3 Å². The van der Waals surface area contributed by atoms with Gasteiger partial charge in [0.15, 0.2) is 0 Å². The number of carboxylic acids is 1. The zero-order valence-corrected chi connectivity index (χ0v) is 17.6. The first kappa shape index (κ1) is 31.1. The third-order valence-electron chi connectivity index (χ3n) is 2.06. The molecule has 0 aliphatic rings. The van der Waals surface area contributed by atoms with Crippen LogP contribution in [0.1, 0.15) is 52.0 Å². The van der Waals surface area contributed by atoms with E-state index in [2.05, 4.69) is 26.1 Å². The average Bonchev–Trinajstić information content (AvgIpc) is 3.06. The number of nitrogens with one attached hydrogen (secondary N) is 1. The number of aromatic nitrogens is 2. The molecule has 1 heterocycles. The van der Waals surface area contributed by atoms with Gasteiger partial charge < -0.3 is 25.9 Å². The molecule has 0 saturated heterocycles. The van der Waals surface area contributed by atoms with Gasteiger partial charge in [0.25, 0.3) is 0 Å². The van der Waals surface area contributed by atoms with E-state index in [0.29, 0.717) is 0 Å². The van der Waals surface area contributed by atoms with Crippen LogP contribution in [0.3, 0.4) is 0 Å². The molecule has 8 heteroatoms. The van der Waals surface area contributed by atoms with Gasteiger partial charge in [0.1, 0.15) is 0 Å². The second-order valence-corrected chi connectivity index (χ2v) is 3.83. The molecule has 1 rings (SSSR count). The van der Waals surface area contributed by atoms with Crippen LogP contribution in [0.5, 0.6) is 0 Å². The first-order valence-corrected chi connectivity index (χ1v) is 8.15. The molecule has 0 bridgehead atoms. The summed E-state index contributed by atoms with van der Waals surface area (Å²) >= 11 is 0. The molecule has 7 nitrogen and oxygen atoms in total. The normalized spacial score (nSPS) is 8.25. The van der Waals surface area contributed by atoms with Gasteiger partial charge in [-0.05, 0) is 6.07 Å². The van der Waals surface area contributed by atoms with Crippen molar-refractivity contribution in [1.29, 1.82) is 0 Å². The number of nitrogens with zero attached hydrogens (tertiary/aromatic N) is 4. The molecule has 0 radical (unpaired) electrons. The van der Waals surface area contributed by atoms with Crippen LogP contribution in [-0.2, 0) is 21.7 Å².